The van der Waals surface area contributed by atoms with Crippen molar-refractivity contribution in [2.24, 2.45) is 0 Å². The molecule has 0 bridgehead atoms. The molecule has 1 aromatic rings. The first-order chi connectivity index (χ1) is 9.74. The number of halogens is 1. The van der Waals surface area contributed by atoms with Gasteiger partial charge in [0, 0.05) is 12.8 Å². The number of hydrogen-bond donors (Lipinski definition) is 0. The number of ether oxygens (including phenoxy) is 1. The van der Waals surface area contributed by atoms with E-state index in [0.717, 1.165) is 11.0 Å². The summed E-state index contributed by atoms with van der Waals surface area (Å²) in [4.78, 5) is 25.1. The zero-order valence-corrected chi connectivity index (χ0v) is 12.4. The number of imide groups is 1. The van der Waals surface area contributed by atoms with Gasteiger partial charge in [-0.3, -0.25) is 4.79 Å². The van der Waals surface area contributed by atoms with Gasteiger partial charge in [0.05, 0.1) is 5.69 Å². The van der Waals surface area contributed by atoms with Crippen molar-refractivity contribution < 1.29 is 18.7 Å². The minimum absolute atomic E-state index is 0.0216. The molecule has 4 nitrogen and oxygen atoms in total. The summed E-state index contributed by atoms with van der Waals surface area (Å²) in [5.74, 6) is 1.25. The normalized spacial score (nSPS) is 10.6. The lowest BCUT2D eigenvalue weighted by Crippen LogP contribution is -2.41. The SMILES string of the molecule is C#CCCC(=O)N(C(=O)OC(C)(C)C)c1cccc(F)c1. The number of benzene rings is 1. The maximum Gasteiger partial charge on any atom is 0.421 e. The third-order valence-electron chi connectivity index (χ3n) is 2.38. The molecule has 0 aliphatic carbocycles. The lowest BCUT2D eigenvalue weighted by atomic mass is 10.2. The van der Waals surface area contributed by atoms with Gasteiger partial charge >= 0.3 is 6.09 Å². The van der Waals surface area contributed by atoms with Crippen LogP contribution in [0.1, 0.15) is 33.6 Å². The number of anilines is 1. The molecule has 0 aliphatic heterocycles. The second-order valence-electron chi connectivity index (χ2n) is 5.39. The summed E-state index contributed by atoms with van der Waals surface area (Å²) in [7, 11) is 0. The number of carbonyl (C=O) groups is 2. The second kappa shape index (κ2) is 6.89. The van der Waals surface area contributed by atoms with Crippen molar-refractivity contribution in [3.8, 4) is 12.3 Å². The molecule has 0 spiro atoms. The molecule has 1 aromatic carbocycles. The predicted octanol–water partition coefficient (Wildman–Crippen LogP) is 3.51. The molecule has 0 atom stereocenters. The first-order valence-corrected chi connectivity index (χ1v) is 6.49. The molecule has 0 N–H and O–H groups in total. The van der Waals surface area contributed by atoms with Crippen molar-refractivity contribution in [2.45, 2.75) is 39.2 Å². The van der Waals surface area contributed by atoms with Crippen LogP contribution in [0.5, 0.6) is 0 Å². The van der Waals surface area contributed by atoms with Crippen molar-refractivity contribution in [3.63, 3.8) is 0 Å². The highest BCUT2D eigenvalue weighted by molar-refractivity contribution is 6.12. The Morgan fingerprint density at radius 2 is 2.05 bits per heavy atom. The molecular weight excluding hydrogens is 273 g/mol. The predicted molar refractivity (Wildman–Crippen MR) is 78.2 cm³/mol. The summed E-state index contributed by atoms with van der Waals surface area (Å²) in [6.45, 7) is 5.04. The Bertz CT molecular complexity index is 570. The Labute approximate surface area is 123 Å². The van der Waals surface area contributed by atoms with Crippen LogP contribution in [0.25, 0.3) is 0 Å². The molecule has 0 aliphatic rings. The smallest absolute Gasteiger partial charge is 0.421 e. The summed E-state index contributed by atoms with van der Waals surface area (Å²) >= 11 is 0. The van der Waals surface area contributed by atoms with E-state index < -0.39 is 23.4 Å². The van der Waals surface area contributed by atoms with E-state index in [1.807, 2.05) is 0 Å². The zero-order chi connectivity index (χ0) is 16.0. The van der Waals surface area contributed by atoms with E-state index in [0.29, 0.717) is 0 Å². The van der Waals surface area contributed by atoms with Gasteiger partial charge in [0.15, 0.2) is 0 Å². The molecule has 0 fully saturated rings. The molecular formula is C16H18FNO3. The fourth-order valence-electron chi connectivity index (χ4n) is 1.56. The largest absolute Gasteiger partial charge is 0.443 e. The van der Waals surface area contributed by atoms with Crippen LogP contribution in [0, 0.1) is 18.2 Å². The molecule has 21 heavy (non-hydrogen) atoms. The topological polar surface area (TPSA) is 46.6 Å². The first kappa shape index (κ1) is 16.7. The van der Waals surface area contributed by atoms with E-state index in [4.69, 9.17) is 11.2 Å². The molecule has 2 amide bonds. The van der Waals surface area contributed by atoms with Crippen LogP contribution in [0.3, 0.4) is 0 Å². The zero-order valence-electron chi connectivity index (χ0n) is 12.4. The van der Waals surface area contributed by atoms with Gasteiger partial charge < -0.3 is 4.74 Å². The van der Waals surface area contributed by atoms with Gasteiger partial charge in [-0.25, -0.2) is 14.1 Å². The number of amides is 2. The van der Waals surface area contributed by atoms with Crippen molar-refractivity contribution in [2.75, 3.05) is 4.90 Å². The van der Waals surface area contributed by atoms with Gasteiger partial charge in [0.1, 0.15) is 11.4 Å². The number of hydrogen-bond acceptors (Lipinski definition) is 3. The Hall–Kier alpha value is -2.35. The maximum atomic E-state index is 13.3. The Morgan fingerprint density at radius 3 is 2.57 bits per heavy atom. The maximum absolute atomic E-state index is 13.3. The minimum atomic E-state index is -0.852. The molecule has 1 rings (SSSR count). The standard InChI is InChI=1S/C16H18FNO3/c1-5-6-10-14(19)18(15(20)21-16(2,3)4)13-9-7-8-12(17)11-13/h1,7-9,11H,6,10H2,2-4H3. The van der Waals surface area contributed by atoms with Gasteiger partial charge in [-0.2, -0.15) is 0 Å². The lowest BCUT2D eigenvalue weighted by Gasteiger charge is -2.26. The number of carbonyl (C=O) groups excluding carboxylic acids is 2. The molecule has 112 valence electrons. The van der Waals surface area contributed by atoms with Crippen LogP contribution < -0.4 is 4.90 Å². The summed E-state index contributed by atoms with van der Waals surface area (Å²) in [6.07, 6.45) is 4.44. The summed E-state index contributed by atoms with van der Waals surface area (Å²) in [6, 6.07) is 5.19. The molecule has 0 saturated heterocycles. The van der Waals surface area contributed by atoms with Crippen LogP contribution in [0.4, 0.5) is 14.9 Å². The summed E-state index contributed by atoms with van der Waals surface area (Å²) < 4.78 is 18.5. The highest BCUT2D eigenvalue weighted by Gasteiger charge is 2.28. The number of nitrogens with zero attached hydrogens (tertiary/aromatic N) is 1. The van der Waals surface area contributed by atoms with Crippen molar-refractivity contribution in [1.82, 2.24) is 0 Å². The molecule has 0 aromatic heterocycles. The van der Waals surface area contributed by atoms with Crippen LogP contribution in [0.15, 0.2) is 24.3 Å². The molecule has 0 saturated carbocycles. The number of terminal acetylenes is 1. The lowest BCUT2D eigenvalue weighted by molar-refractivity contribution is -0.118. The van der Waals surface area contributed by atoms with Crippen LogP contribution in [0.2, 0.25) is 0 Å². The highest BCUT2D eigenvalue weighted by Crippen LogP contribution is 2.20. The van der Waals surface area contributed by atoms with Crippen molar-refractivity contribution in [3.05, 3.63) is 30.1 Å². The highest BCUT2D eigenvalue weighted by atomic mass is 19.1. The van der Waals surface area contributed by atoms with E-state index in [1.54, 1.807) is 20.8 Å². The van der Waals surface area contributed by atoms with Gasteiger partial charge in [-0.15, -0.1) is 12.3 Å². The van der Waals surface area contributed by atoms with E-state index in [9.17, 15) is 14.0 Å². The first-order valence-electron chi connectivity index (χ1n) is 6.49. The summed E-state index contributed by atoms with van der Waals surface area (Å²) in [5.41, 5.74) is -0.652. The van der Waals surface area contributed by atoms with Crippen LogP contribution in [-0.4, -0.2) is 17.6 Å². The van der Waals surface area contributed by atoms with E-state index in [2.05, 4.69) is 5.92 Å². The van der Waals surface area contributed by atoms with Gasteiger partial charge in [-0.1, -0.05) is 6.07 Å². The monoisotopic (exact) mass is 291 g/mol. The minimum Gasteiger partial charge on any atom is -0.443 e. The quantitative estimate of drug-likeness (QED) is 0.801. The third-order valence-corrected chi connectivity index (χ3v) is 2.38. The number of rotatable bonds is 3. The Balaban J connectivity index is 3.08. The van der Waals surface area contributed by atoms with E-state index in [-0.39, 0.29) is 18.5 Å². The van der Waals surface area contributed by atoms with Gasteiger partial charge in [0.25, 0.3) is 0 Å². The van der Waals surface area contributed by atoms with E-state index in [1.165, 1.54) is 18.2 Å². The van der Waals surface area contributed by atoms with Crippen molar-refractivity contribution >= 4 is 17.7 Å². The molecule has 0 radical (unpaired) electrons. The average Bonchev–Trinajstić information content (AvgIpc) is 2.34. The van der Waals surface area contributed by atoms with Crippen LogP contribution in [-0.2, 0) is 9.53 Å². The average molecular weight is 291 g/mol. The second-order valence-corrected chi connectivity index (χ2v) is 5.39. The molecule has 0 unspecified atom stereocenters. The Morgan fingerprint density at radius 1 is 1.38 bits per heavy atom. The third kappa shape index (κ3) is 5.27. The fraction of sp³-hybridized carbons (Fsp3) is 0.375. The Kier molecular flexibility index (Phi) is 5.48. The fourth-order valence-corrected chi connectivity index (χ4v) is 1.56. The van der Waals surface area contributed by atoms with Gasteiger partial charge in [-0.05, 0) is 39.0 Å². The summed E-state index contributed by atoms with van der Waals surface area (Å²) in [5, 5.41) is 0. The van der Waals surface area contributed by atoms with Gasteiger partial charge in [0.2, 0.25) is 5.91 Å². The van der Waals surface area contributed by atoms with Crippen LogP contribution >= 0.6 is 0 Å². The van der Waals surface area contributed by atoms with Crippen molar-refractivity contribution in [1.29, 1.82) is 0 Å². The van der Waals surface area contributed by atoms with E-state index >= 15 is 0 Å². The molecule has 0 heterocycles. The molecule has 5 heteroatoms.